The van der Waals surface area contributed by atoms with E-state index < -0.39 is 5.82 Å². The highest BCUT2D eigenvalue weighted by atomic mass is 35.5. The lowest BCUT2D eigenvalue weighted by Crippen LogP contribution is -2.25. The minimum atomic E-state index is -0.481. The Morgan fingerprint density at radius 3 is 2.75 bits per heavy atom. The Labute approximate surface area is 145 Å². The number of benzene rings is 1. The van der Waals surface area contributed by atoms with Gasteiger partial charge in [0.2, 0.25) is 0 Å². The normalized spacial score (nSPS) is 10.6. The number of halogens is 2. The molecule has 24 heavy (non-hydrogen) atoms. The molecule has 0 fully saturated rings. The number of hydrogen-bond acceptors (Lipinski definition) is 4. The smallest absolute Gasteiger partial charge is 0.256 e. The number of amides is 1. The van der Waals surface area contributed by atoms with Crippen LogP contribution >= 0.6 is 11.6 Å². The molecule has 2 aromatic rings. The molecule has 1 aromatic heterocycles. The summed E-state index contributed by atoms with van der Waals surface area (Å²) in [4.78, 5) is 16.6. The van der Waals surface area contributed by atoms with Crippen molar-refractivity contribution in [1.82, 2.24) is 10.3 Å². The first kappa shape index (κ1) is 18.0. The van der Waals surface area contributed by atoms with Crippen molar-refractivity contribution in [1.29, 1.82) is 0 Å². The number of carbonyl (C=O) groups is 1. The second-order valence-electron chi connectivity index (χ2n) is 5.47. The van der Waals surface area contributed by atoms with E-state index in [1.165, 1.54) is 25.4 Å². The molecule has 0 unspecified atom stereocenters. The van der Waals surface area contributed by atoms with Gasteiger partial charge in [-0.3, -0.25) is 4.79 Å². The summed E-state index contributed by atoms with van der Waals surface area (Å²) in [6, 6.07) is 6.16. The number of rotatable bonds is 6. The third-order valence-electron chi connectivity index (χ3n) is 3.22. The molecule has 0 atom stereocenters. The van der Waals surface area contributed by atoms with E-state index in [1.807, 2.05) is 13.8 Å². The second-order valence-corrected chi connectivity index (χ2v) is 5.87. The summed E-state index contributed by atoms with van der Waals surface area (Å²) in [5.74, 6) is -0.294. The van der Waals surface area contributed by atoms with Crippen LogP contribution < -0.4 is 15.4 Å². The fourth-order valence-corrected chi connectivity index (χ4v) is 2.36. The SMILES string of the molecule is COc1ccc(CNC(=O)c2c(Cl)ccnc2NC(C)C)cc1F. The Hall–Kier alpha value is -2.34. The van der Waals surface area contributed by atoms with Crippen LogP contribution in [0.1, 0.15) is 29.8 Å². The summed E-state index contributed by atoms with van der Waals surface area (Å²) < 4.78 is 18.6. The molecule has 0 radical (unpaired) electrons. The van der Waals surface area contributed by atoms with Crippen LogP contribution in [0, 0.1) is 5.82 Å². The van der Waals surface area contributed by atoms with Gasteiger partial charge < -0.3 is 15.4 Å². The summed E-state index contributed by atoms with van der Waals surface area (Å²) in [5.41, 5.74) is 0.877. The number of anilines is 1. The molecule has 2 N–H and O–H groups in total. The number of aromatic nitrogens is 1. The summed E-state index contributed by atoms with van der Waals surface area (Å²) in [6.45, 7) is 4.03. The molecule has 0 saturated heterocycles. The van der Waals surface area contributed by atoms with E-state index in [9.17, 15) is 9.18 Å². The number of carbonyl (C=O) groups excluding carboxylic acids is 1. The van der Waals surface area contributed by atoms with E-state index in [4.69, 9.17) is 16.3 Å². The Kier molecular flexibility index (Phi) is 5.98. The first-order valence-corrected chi connectivity index (χ1v) is 7.81. The molecule has 1 amide bonds. The summed E-state index contributed by atoms with van der Waals surface area (Å²) in [5, 5.41) is 6.11. The first-order chi connectivity index (χ1) is 11.4. The first-order valence-electron chi connectivity index (χ1n) is 7.44. The van der Waals surface area contributed by atoms with E-state index in [1.54, 1.807) is 12.1 Å². The van der Waals surface area contributed by atoms with Crippen molar-refractivity contribution >= 4 is 23.3 Å². The lowest BCUT2D eigenvalue weighted by Gasteiger charge is -2.15. The van der Waals surface area contributed by atoms with Crippen molar-refractivity contribution in [3.63, 3.8) is 0 Å². The standard InChI is InChI=1S/C17H19ClFN3O2/c1-10(2)22-16-15(12(18)6-7-20-16)17(23)21-9-11-4-5-14(24-3)13(19)8-11/h4-8,10H,9H2,1-3H3,(H,20,22)(H,21,23). The molecule has 128 valence electrons. The number of nitrogens with one attached hydrogen (secondary N) is 2. The van der Waals surface area contributed by atoms with Crippen molar-refractivity contribution in [2.45, 2.75) is 26.4 Å². The van der Waals surface area contributed by atoms with Crippen LogP contribution in [0.2, 0.25) is 5.02 Å². The van der Waals surface area contributed by atoms with Crippen LogP contribution in [0.4, 0.5) is 10.2 Å². The number of hydrogen-bond donors (Lipinski definition) is 2. The van der Waals surface area contributed by atoms with Gasteiger partial charge in [0, 0.05) is 18.8 Å². The average molecular weight is 352 g/mol. The van der Waals surface area contributed by atoms with Crippen LogP contribution in [0.15, 0.2) is 30.5 Å². The van der Waals surface area contributed by atoms with E-state index in [0.717, 1.165) is 0 Å². The molecule has 2 rings (SSSR count). The fraction of sp³-hybridized carbons (Fsp3) is 0.294. The predicted molar refractivity (Wildman–Crippen MR) is 92.1 cm³/mol. The molecule has 0 spiro atoms. The maximum atomic E-state index is 13.7. The lowest BCUT2D eigenvalue weighted by atomic mass is 10.2. The zero-order chi connectivity index (χ0) is 17.7. The van der Waals surface area contributed by atoms with Gasteiger partial charge in [-0.1, -0.05) is 17.7 Å². The maximum absolute atomic E-state index is 13.7. The minimum absolute atomic E-state index is 0.0956. The lowest BCUT2D eigenvalue weighted by molar-refractivity contribution is 0.0951. The highest BCUT2D eigenvalue weighted by molar-refractivity contribution is 6.34. The minimum Gasteiger partial charge on any atom is -0.494 e. The van der Waals surface area contributed by atoms with Crippen LogP contribution in [0.3, 0.4) is 0 Å². The molecule has 0 bridgehead atoms. The quantitative estimate of drug-likeness (QED) is 0.834. The molecule has 0 aliphatic carbocycles. The van der Waals surface area contributed by atoms with E-state index in [0.29, 0.717) is 16.4 Å². The van der Waals surface area contributed by atoms with Crippen LogP contribution in [-0.4, -0.2) is 24.0 Å². The molecule has 7 heteroatoms. The second kappa shape index (κ2) is 7.97. The zero-order valence-electron chi connectivity index (χ0n) is 13.7. The van der Waals surface area contributed by atoms with Gasteiger partial charge in [-0.25, -0.2) is 9.37 Å². The van der Waals surface area contributed by atoms with E-state index in [-0.39, 0.29) is 29.8 Å². The number of methoxy groups -OCH3 is 1. The van der Waals surface area contributed by atoms with Crippen LogP contribution in [0.5, 0.6) is 5.75 Å². The highest BCUT2D eigenvalue weighted by Crippen LogP contribution is 2.23. The van der Waals surface area contributed by atoms with Crippen molar-refractivity contribution in [3.8, 4) is 5.75 Å². The predicted octanol–water partition coefficient (Wildman–Crippen LogP) is 3.63. The third kappa shape index (κ3) is 4.35. The monoisotopic (exact) mass is 351 g/mol. The van der Waals surface area contributed by atoms with Gasteiger partial charge in [-0.05, 0) is 37.6 Å². The maximum Gasteiger partial charge on any atom is 0.256 e. The van der Waals surface area contributed by atoms with Gasteiger partial charge >= 0.3 is 0 Å². The third-order valence-corrected chi connectivity index (χ3v) is 3.54. The summed E-state index contributed by atoms with van der Waals surface area (Å²) in [7, 11) is 1.40. The van der Waals surface area contributed by atoms with Gasteiger partial charge in [-0.2, -0.15) is 0 Å². The van der Waals surface area contributed by atoms with Gasteiger partial charge in [0.25, 0.3) is 5.91 Å². The Bertz CT molecular complexity index is 738. The van der Waals surface area contributed by atoms with Crippen LogP contribution in [0.25, 0.3) is 0 Å². The fourth-order valence-electron chi connectivity index (χ4n) is 2.13. The molecule has 5 nitrogen and oxygen atoms in total. The van der Waals surface area contributed by atoms with Gasteiger partial charge in [0.05, 0.1) is 12.1 Å². The molecular formula is C17H19ClFN3O2. The molecule has 0 saturated carbocycles. The molecule has 1 heterocycles. The highest BCUT2D eigenvalue weighted by Gasteiger charge is 2.17. The Morgan fingerprint density at radius 2 is 2.12 bits per heavy atom. The van der Waals surface area contributed by atoms with Crippen molar-refractivity contribution < 1.29 is 13.9 Å². The van der Waals surface area contributed by atoms with E-state index >= 15 is 0 Å². The number of ether oxygens (including phenoxy) is 1. The Balaban J connectivity index is 2.14. The van der Waals surface area contributed by atoms with Crippen LogP contribution in [-0.2, 0) is 6.54 Å². The van der Waals surface area contributed by atoms with E-state index in [2.05, 4.69) is 15.6 Å². The summed E-state index contributed by atoms with van der Waals surface area (Å²) in [6.07, 6.45) is 1.53. The topological polar surface area (TPSA) is 63.2 Å². The van der Waals surface area contributed by atoms with Gasteiger partial charge in [-0.15, -0.1) is 0 Å². The van der Waals surface area contributed by atoms with Crippen molar-refractivity contribution in [2.24, 2.45) is 0 Å². The van der Waals surface area contributed by atoms with Gasteiger partial charge in [0.1, 0.15) is 11.4 Å². The molecule has 1 aromatic carbocycles. The number of pyridine rings is 1. The van der Waals surface area contributed by atoms with Crippen molar-refractivity contribution in [2.75, 3.05) is 12.4 Å². The number of nitrogens with zero attached hydrogens (tertiary/aromatic N) is 1. The molecule has 0 aliphatic heterocycles. The molecule has 0 aliphatic rings. The van der Waals surface area contributed by atoms with Gasteiger partial charge in [0.15, 0.2) is 11.6 Å². The van der Waals surface area contributed by atoms with Crippen molar-refractivity contribution in [3.05, 3.63) is 52.4 Å². The zero-order valence-corrected chi connectivity index (χ0v) is 14.4. The average Bonchev–Trinajstić information content (AvgIpc) is 2.52. The largest absolute Gasteiger partial charge is 0.494 e. The molecular weight excluding hydrogens is 333 g/mol. The Morgan fingerprint density at radius 1 is 1.38 bits per heavy atom. The summed E-state index contributed by atoms with van der Waals surface area (Å²) >= 11 is 6.14.